The highest BCUT2D eigenvalue weighted by atomic mass is 15.2. The fourth-order valence-electron chi connectivity index (χ4n) is 3.57. The number of likely N-dealkylation sites (tertiary alicyclic amines) is 1. The third-order valence-electron chi connectivity index (χ3n) is 5.12. The van der Waals surface area contributed by atoms with Gasteiger partial charge in [-0.15, -0.1) is 0 Å². The van der Waals surface area contributed by atoms with Crippen LogP contribution in [0, 0.1) is 18.3 Å². The van der Waals surface area contributed by atoms with Crippen molar-refractivity contribution >= 4 is 11.5 Å². The molecule has 29 heavy (non-hydrogen) atoms. The SMILES string of the molecule is Cc1ccc(CN2CCCC[C@H]2c2cnc(Nc3ccc(C#N)nc3)cn2)nc1. The summed E-state index contributed by atoms with van der Waals surface area (Å²) >= 11 is 0. The minimum Gasteiger partial charge on any atom is -0.338 e. The highest BCUT2D eigenvalue weighted by Crippen LogP contribution is 2.31. The molecule has 1 atom stereocenters. The molecule has 0 aromatic carbocycles. The Bertz CT molecular complexity index is 976. The van der Waals surface area contributed by atoms with Gasteiger partial charge in [-0.25, -0.2) is 9.97 Å². The molecule has 3 aromatic heterocycles. The molecule has 1 saturated heterocycles. The lowest BCUT2D eigenvalue weighted by Crippen LogP contribution is -2.33. The zero-order valence-corrected chi connectivity index (χ0v) is 16.4. The Kier molecular flexibility index (Phi) is 5.73. The van der Waals surface area contributed by atoms with E-state index in [1.807, 2.05) is 18.5 Å². The van der Waals surface area contributed by atoms with Gasteiger partial charge in [-0.05, 0) is 50.1 Å². The quantitative estimate of drug-likeness (QED) is 0.712. The molecule has 0 spiro atoms. The fraction of sp³-hybridized carbons (Fsp3) is 0.318. The highest BCUT2D eigenvalue weighted by molar-refractivity contribution is 5.54. The van der Waals surface area contributed by atoms with Crippen LogP contribution in [0.2, 0.25) is 0 Å². The third-order valence-corrected chi connectivity index (χ3v) is 5.12. The zero-order valence-electron chi connectivity index (χ0n) is 16.4. The van der Waals surface area contributed by atoms with E-state index in [0.29, 0.717) is 11.5 Å². The van der Waals surface area contributed by atoms with Crippen LogP contribution in [0.1, 0.15) is 47.9 Å². The summed E-state index contributed by atoms with van der Waals surface area (Å²) in [5.41, 5.74) is 4.41. The van der Waals surface area contributed by atoms with Crippen molar-refractivity contribution in [3.05, 3.63) is 71.7 Å². The van der Waals surface area contributed by atoms with Gasteiger partial charge in [0.15, 0.2) is 0 Å². The number of aromatic nitrogens is 4. The van der Waals surface area contributed by atoms with Gasteiger partial charge >= 0.3 is 0 Å². The van der Waals surface area contributed by atoms with Crippen LogP contribution in [-0.4, -0.2) is 31.4 Å². The Balaban J connectivity index is 1.45. The second kappa shape index (κ2) is 8.76. The molecular formula is C22H23N7. The van der Waals surface area contributed by atoms with Crippen molar-refractivity contribution in [1.82, 2.24) is 24.8 Å². The Labute approximate surface area is 170 Å². The molecule has 7 nitrogen and oxygen atoms in total. The van der Waals surface area contributed by atoms with Gasteiger partial charge in [-0.2, -0.15) is 5.26 Å². The van der Waals surface area contributed by atoms with Crippen LogP contribution >= 0.6 is 0 Å². The van der Waals surface area contributed by atoms with Crippen LogP contribution < -0.4 is 5.32 Å². The van der Waals surface area contributed by atoms with Crippen LogP contribution in [0.15, 0.2) is 49.1 Å². The molecule has 4 rings (SSSR count). The van der Waals surface area contributed by atoms with Gasteiger partial charge in [0.2, 0.25) is 0 Å². The molecule has 4 heterocycles. The topological polar surface area (TPSA) is 90.6 Å². The first-order valence-electron chi connectivity index (χ1n) is 9.82. The van der Waals surface area contributed by atoms with Crippen LogP contribution in [0.3, 0.4) is 0 Å². The lowest BCUT2D eigenvalue weighted by Gasteiger charge is -2.35. The molecular weight excluding hydrogens is 362 g/mol. The number of piperidine rings is 1. The average molecular weight is 385 g/mol. The number of nitrogens with one attached hydrogen (secondary N) is 1. The zero-order chi connectivity index (χ0) is 20.1. The maximum Gasteiger partial charge on any atom is 0.148 e. The maximum atomic E-state index is 8.84. The van der Waals surface area contributed by atoms with Gasteiger partial charge in [0.05, 0.1) is 41.7 Å². The Morgan fingerprint density at radius 1 is 1.03 bits per heavy atom. The normalized spacial score (nSPS) is 16.9. The number of hydrogen-bond acceptors (Lipinski definition) is 7. The summed E-state index contributed by atoms with van der Waals surface area (Å²) in [6.07, 6.45) is 10.6. The first kappa shape index (κ1) is 19.0. The van der Waals surface area contributed by atoms with Gasteiger partial charge in [0.25, 0.3) is 0 Å². The van der Waals surface area contributed by atoms with Crippen LogP contribution in [0.25, 0.3) is 0 Å². The predicted molar refractivity (Wildman–Crippen MR) is 110 cm³/mol. The number of rotatable bonds is 5. The van der Waals surface area contributed by atoms with E-state index in [1.165, 1.54) is 18.4 Å². The smallest absolute Gasteiger partial charge is 0.148 e. The van der Waals surface area contributed by atoms with Gasteiger partial charge in [0.1, 0.15) is 17.6 Å². The molecule has 3 aromatic rings. The molecule has 146 valence electrons. The number of hydrogen-bond donors (Lipinski definition) is 1. The monoisotopic (exact) mass is 385 g/mol. The van der Waals surface area contributed by atoms with Crippen molar-refractivity contribution in [2.45, 2.75) is 38.8 Å². The van der Waals surface area contributed by atoms with E-state index in [9.17, 15) is 0 Å². The molecule has 0 aliphatic carbocycles. The molecule has 1 aliphatic rings. The summed E-state index contributed by atoms with van der Waals surface area (Å²) in [5.74, 6) is 0.655. The molecule has 0 amide bonds. The van der Waals surface area contributed by atoms with E-state index < -0.39 is 0 Å². The predicted octanol–water partition coefficient (Wildman–Crippen LogP) is 3.92. The van der Waals surface area contributed by atoms with Crippen molar-refractivity contribution in [2.75, 3.05) is 11.9 Å². The van der Waals surface area contributed by atoms with Crippen molar-refractivity contribution in [3.8, 4) is 6.07 Å². The van der Waals surface area contributed by atoms with Crippen molar-refractivity contribution in [2.24, 2.45) is 0 Å². The number of aryl methyl sites for hydroxylation is 1. The summed E-state index contributed by atoms with van der Waals surface area (Å²) in [5, 5.41) is 12.0. The largest absolute Gasteiger partial charge is 0.338 e. The van der Waals surface area contributed by atoms with Crippen molar-refractivity contribution in [3.63, 3.8) is 0 Å². The van der Waals surface area contributed by atoms with E-state index in [4.69, 9.17) is 5.26 Å². The molecule has 1 fully saturated rings. The Hall–Kier alpha value is -3.37. The minimum absolute atomic E-state index is 0.255. The van der Waals surface area contributed by atoms with Gasteiger partial charge < -0.3 is 5.32 Å². The standard InChI is InChI=1S/C22H23N7/c1-16-5-6-19(24-11-16)15-29-9-3-2-4-21(29)20-13-27-22(14-26-20)28-18-8-7-17(10-23)25-12-18/h5-8,11-14,21H,2-4,9,15H2,1H3,(H,27,28)/t21-/m0/s1. The summed E-state index contributed by atoms with van der Waals surface area (Å²) in [6, 6.07) is 9.95. The van der Waals surface area contributed by atoms with E-state index in [0.717, 1.165) is 36.6 Å². The van der Waals surface area contributed by atoms with Gasteiger partial charge in [-0.1, -0.05) is 12.5 Å². The van der Waals surface area contributed by atoms with Gasteiger partial charge in [0, 0.05) is 12.7 Å². The first-order valence-corrected chi connectivity index (χ1v) is 9.82. The van der Waals surface area contributed by atoms with E-state index >= 15 is 0 Å². The lowest BCUT2D eigenvalue weighted by molar-refractivity contribution is 0.135. The van der Waals surface area contributed by atoms with Crippen LogP contribution in [-0.2, 0) is 6.54 Å². The fourth-order valence-corrected chi connectivity index (χ4v) is 3.57. The van der Waals surface area contributed by atoms with Crippen LogP contribution in [0.5, 0.6) is 0 Å². The third kappa shape index (κ3) is 4.73. The van der Waals surface area contributed by atoms with E-state index in [-0.39, 0.29) is 6.04 Å². The molecule has 0 radical (unpaired) electrons. The number of nitriles is 1. The first-order chi connectivity index (χ1) is 14.2. The number of pyridine rings is 2. The van der Waals surface area contributed by atoms with Crippen molar-refractivity contribution in [1.29, 1.82) is 5.26 Å². The second-order valence-electron chi connectivity index (χ2n) is 7.30. The van der Waals surface area contributed by atoms with Gasteiger partial charge in [-0.3, -0.25) is 14.9 Å². The van der Waals surface area contributed by atoms with E-state index in [2.05, 4.69) is 49.2 Å². The summed E-state index contributed by atoms with van der Waals surface area (Å²) < 4.78 is 0. The Morgan fingerprint density at radius 3 is 2.66 bits per heavy atom. The molecule has 1 N–H and O–H groups in total. The number of nitrogens with zero attached hydrogens (tertiary/aromatic N) is 6. The van der Waals surface area contributed by atoms with E-state index in [1.54, 1.807) is 24.5 Å². The Morgan fingerprint density at radius 2 is 1.97 bits per heavy atom. The minimum atomic E-state index is 0.255. The molecule has 1 aliphatic heterocycles. The average Bonchev–Trinajstić information content (AvgIpc) is 2.77. The summed E-state index contributed by atoms with van der Waals surface area (Å²) in [7, 11) is 0. The van der Waals surface area contributed by atoms with Crippen LogP contribution in [0.4, 0.5) is 11.5 Å². The number of anilines is 2. The highest BCUT2D eigenvalue weighted by Gasteiger charge is 2.25. The molecule has 0 unspecified atom stereocenters. The lowest BCUT2D eigenvalue weighted by atomic mass is 9.99. The molecule has 7 heteroatoms. The summed E-state index contributed by atoms with van der Waals surface area (Å²) in [6.45, 7) is 3.92. The maximum absolute atomic E-state index is 8.84. The summed E-state index contributed by atoms with van der Waals surface area (Å²) in [4.78, 5) is 20.3. The second-order valence-corrected chi connectivity index (χ2v) is 7.30. The molecule has 0 bridgehead atoms. The van der Waals surface area contributed by atoms with Crippen molar-refractivity contribution < 1.29 is 0 Å². The molecule has 0 saturated carbocycles.